The lowest BCUT2D eigenvalue weighted by molar-refractivity contribution is 0.0162. The minimum Gasteiger partial charge on any atom is -0.488 e. The first-order valence-corrected chi connectivity index (χ1v) is 5.48. The summed E-state index contributed by atoms with van der Waals surface area (Å²) in [4.78, 5) is 14.8. The highest BCUT2D eigenvalue weighted by Gasteiger charge is 2.09. The van der Waals surface area contributed by atoms with E-state index in [1.807, 2.05) is 6.92 Å². The van der Waals surface area contributed by atoms with E-state index in [2.05, 4.69) is 4.98 Å². The summed E-state index contributed by atoms with van der Waals surface area (Å²) in [6.45, 7) is 4.48. The zero-order valence-corrected chi connectivity index (χ0v) is 10.0. The fourth-order valence-corrected chi connectivity index (χ4v) is 1.26. The summed E-state index contributed by atoms with van der Waals surface area (Å²) >= 11 is 0. The van der Waals surface area contributed by atoms with E-state index in [1.165, 1.54) is 0 Å². The maximum atomic E-state index is 10.8. The number of aldehydes is 1. The van der Waals surface area contributed by atoms with E-state index in [0.717, 1.165) is 5.69 Å². The summed E-state index contributed by atoms with van der Waals surface area (Å²) in [6.07, 6.45) is -0.0761. The number of hydrogen-bond acceptors (Lipinski definition) is 5. The van der Waals surface area contributed by atoms with Crippen LogP contribution in [0.5, 0.6) is 5.75 Å². The molecule has 1 aromatic rings. The van der Waals surface area contributed by atoms with Crippen LogP contribution in [0.1, 0.15) is 23.1 Å². The molecule has 5 heteroatoms. The molecule has 1 N–H and O–H groups in total. The summed E-state index contributed by atoms with van der Waals surface area (Å²) < 4.78 is 10.4. The lowest BCUT2D eigenvalue weighted by atomic mass is 10.3. The molecule has 0 aliphatic carbocycles. The number of aliphatic hydroxyl groups is 1. The molecule has 0 fully saturated rings. The van der Waals surface area contributed by atoms with Crippen LogP contribution >= 0.6 is 0 Å². The van der Waals surface area contributed by atoms with Gasteiger partial charge in [0, 0.05) is 12.3 Å². The summed E-state index contributed by atoms with van der Waals surface area (Å²) in [5.74, 6) is 0.376. The predicted molar refractivity (Wildman–Crippen MR) is 62.4 cm³/mol. The molecule has 1 heterocycles. The predicted octanol–water partition coefficient (Wildman–Crippen LogP) is 0.979. The minimum absolute atomic E-state index is 0.0750. The standard InChI is InChI=1S/C12H17NO4/c1-3-16-7-10(15)8-17-12-5-4-9(2)13-11(12)6-14/h4-6,10,15H,3,7-8H2,1-2H3. The van der Waals surface area contributed by atoms with E-state index in [0.29, 0.717) is 18.6 Å². The van der Waals surface area contributed by atoms with Crippen LogP contribution in [0.2, 0.25) is 0 Å². The number of nitrogens with zero attached hydrogens (tertiary/aromatic N) is 1. The van der Waals surface area contributed by atoms with E-state index in [-0.39, 0.29) is 18.9 Å². The van der Waals surface area contributed by atoms with Crippen molar-refractivity contribution in [2.45, 2.75) is 20.0 Å². The Morgan fingerprint density at radius 2 is 2.24 bits per heavy atom. The number of aryl methyl sites for hydroxylation is 1. The van der Waals surface area contributed by atoms with Crippen molar-refractivity contribution in [1.29, 1.82) is 0 Å². The third kappa shape index (κ3) is 4.50. The summed E-state index contributed by atoms with van der Waals surface area (Å²) in [5.41, 5.74) is 0.989. The first-order chi connectivity index (χ1) is 8.17. The Morgan fingerprint density at radius 1 is 1.47 bits per heavy atom. The molecule has 0 spiro atoms. The average Bonchev–Trinajstić information content (AvgIpc) is 2.34. The lowest BCUT2D eigenvalue weighted by Gasteiger charge is -2.13. The highest BCUT2D eigenvalue weighted by molar-refractivity contribution is 5.76. The molecular weight excluding hydrogens is 222 g/mol. The molecule has 1 atom stereocenters. The Labute approximate surface area is 100 Å². The molecule has 0 aliphatic rings. The molecular formula is C12H17NO4. The van der Waals surface area contributed by atoms with Gasteiger partial charge < -0.3 is 14.6 Å². The molecule has 0 radical (unpaired) electrons. The zero-order chi connectivity index (χ0) is 12.7. The Bertz CT molecular complexity index is 368. The number of aliphatic hydroxyl groups excluding tert-OH is 1. The van der Waals surface area contributed by atoms with Crippen LogP contribution in [0.4, 0.5) is 0 Å². The molecule has 0 amide bonds. The molecule has 0 saturated heterocycles. The number of carbonyl (C=O) groups is 1. The molecule has 1 unspecified atom stereocenters. The molecule has 0 aliphatic heterocycles. The van der Waals surface area contributed by atoms with Gasteiger partial charge in [0.05, 0.1) is 6.61 Å². The maximum Gasteiger partial charge on any atom is 0.172 e. The highest BCUT2D eigenvalue weighted by Crippen LogP contribution is 2.15. The molecule has 94 valence electrons. The third-order valence-corrected chi connectivity index (χ3v) is 2.08. The van der Waals surface area contributed by atoms with Gasteiger partial charge in [-0.25, -0.2) is 4.98 Å². The van der Waals surface area contributed by atoms with Crippen LogP contribution in [-0.2, 0) is 4.74 Å². The zero-order valence-electron chi connectivity index (χ0n) is 10.0. The van der Waals surface area contributed by atoms with Crippen LogP contribution < -0.4 is 4.74 Å². The van der Waals surface area contributed by atoms with Crippen LogP contribution in [0, 0.1) is 6.92 Å². The van der Waals surface area contributed by atoms with Gasteiger partial charge in [-0.15, -0.1) is 0 Å². The molecule has 17 heavy (non-hydrogen) atoms. The normalized spacial score (nSPS) is 12.2. The Morgan fingerprint density at radius 3 is 2.88 bits per heavy atom. The van der Waals surface area contributed by atoms with Gasteiger partial charge in [0.1, 0.15) is 24.2 Å². The van der Waals surface area contributed by atoms with Crippen molar-refractivity contribution in [3.8, 4) is 5.75 Å². The number of hydrogen-bond donors (Lipinski definition) is 1. The van der Waals surface area contributed by atoms with Crippen molar-refractivity contribution in [1.82, 2.24) is 4.98 Å². The maximum absolute atomic E-state index is 10.8. The van der Waals surface area contributed by atoms with Gasteiger partial charge in [0.15, 0.2) is 6.29 Å². The molecule has 0 aromatic carbocycles. The van der Waals surface area contributed by atoms with Crippen LogP contribution in [-0.4, -0.2) is 42.3 Å². The van der Waals surface area contributed by atoms with Gasteiger partial charge in [-0.05, 0) is 26.0 Å². The minimum atomic E-state index is -0.712. The first kappa shape index (κ1) is 13.6. The quantitative estimate of drug-likeness (QED) is 0.718. The molecule has 1 aromatic heterocycles. The fourth-order valence-electron chi connectivity index (χ4n) is 1.26. The Hall–Kier alpha value is -1.46. The average molecular weight is 239 g/mol. The molecule has 0 saturated carbocycles. The smallest absolute Gasteiger partial charge is 0.172 e. The van der Waals surface area contributed by atoms with Crippen LogP contribution in [0.25, 0.3) is 0 Å². The van der Waals surface area contributed by atoms with Gasteiger partial charge in [0.2, 0.25) is 0 Å². The molecule has 1 rings (SSSR count). The summed E-state index contributed by atoms with van der Waals surface area (Å²) in [6, 6.07) is 3.41. The second kappa shape index (κ2) is 6.98. The topological polar surface area (TPSA) is 68.7 Å². The van der Waals surface area contributed by atoms with E-state index >= 15 is 0 Å². The van der Waals surface area contributed by atoms with Crippen LogP contribution in [0.3, 0.4) is 0 Å². The Balaban J connectivity index is 2.53. The lowest BCUT2D eigenvalue weighted by Crippen LogP contribution is -2.23. The first-order valence-electron chi connectivity index (χ1n) is 5.48. The van der Waals surface area contributed by atoms with Crippen molar-refractivity contribution in [3.63, 3.8) is 0 Å². The van der Waals surface area contributed by atoms with Gasteiger partial charge in [0.25, 0.3) is 0 Å². The van der Waals surface area contributed by atoms with Gasteiger partial charge in [-0.3, -0.25) is 4.79 Å². The number of rotatable bonds is 7. The third-order valence-electron chi connectivity index (χ3n) is 2.08. The number of aromatic nitrogens is 1. The van der Waals surface area contributed by atoms with Crippen molar-refractivity contribution in [3.05, 3.63) is 23.5 Å². The largest absolute Gasteiger partial charge is 0.488 e. The van der Waals surface area contributed by atoms with Crippen LogP contribution in [0.15, 0.2) is 12.1 Å². The number of carbonyl (C=O) groups excluding carboxylic acids is 1. The van der Waals surface area contributed by atoms with Gasteiger partial charge in [-0.1, -0.05) is 0 Å². The van der Waals surface area contributed by atoms with Crippen molar-refractivity contribution in [2.75, 3.05) is 19.8 Å². The summed E-state index contributed by atoms with van der Waals surface area (Å²) in [5, 5.41) is 9.50. The SMILES string of the molecule is CCOCC(O)COc1ccc(C)nc1C=O. The van der Waals surface area contributed by atoms with Crippen molar-refractivity contribution < 1.29 is 19.4 Å². The van der Waals surface area contributed by atoms with Gasteiger partial charge >= 0.3 is 0 Å². The number of pyridine rings is 1. The fraction of sp³-hybridized carbons (Fsp3) is 0.500. The monoisotopic (exact) mass is 239 g/mol. The van der Waals surface area contributed by atoms with Gasteiger partial charge in [-0.2, -0.15) is 0 Å². The van der Waals surface area contributed by atoms with E-state index in [4.69, 9.17) is 9.47 Å². The van der Waals surface area contributed by atoms with E-state index < -0.39 is 6.10 Å². The van der Waals surface area contributed by atoms with Crippen molar-refractivity contribution in [2.24, 2.45) is 0 Å². The van der Waals surface area contributed by atoms with E-state index in [9.17, 15) is 9.90 Å². The summed E-state index contributed by atoms with van der Waals surface area (Å²) in [7, 11) is 0. The molecule has 0 bridgehead atoms. The Kier molecular flexibility index (Phi) is 5.59. The highest BCUT2D eigenvalue weighted by atomic mass is 16.5. The van der Waals surface area contributed by atoms with E-state index in [1.54, 1.807) is 19.1 Å². The van der Waals surface area contributed by atoms with Crippen molar-refractivity contribution >= 4 is 6.29 Å². The second-order valence-electron chi connectivity index (χ2n) is 3.58. The molecule has 5 nitrogen and oxygen atoms in total. The second-order valence-corrected chi connectivity index (χ2v) is 3.58. The number of ether oxygens (including phenoxy) is 2.